The number of rotatable bonds is 4. The topological polar surface area (TPSA) is 51.4 Å². The van der Waals surface area contributed by atoms with Crippen LogP contribution in [0.3, 0.4) is 0 Å². The molecule has 232 valence electrons. The minimum Gasteiger partial charge on any atom is -0.344 e. The first-order valence-electron chi connectivity index (χ1n) is 16.7. The Hall–Kier alpha value is -5.96. The Labute approximate surface area is 289 Å². The highest BCUT2D eigenvalue weighted by Crippen LogP contribution is 2.58. The standard InChI is InChI=1S/C44H30N4S/c45-25-28-15-21-35-36-22-20-31(24-39(36)44(38(35)23-28,33-9-3-1-4-10-33)34-11-5-2-6-12-34)29-16-18-30(19-17-29)32-26-46-43-47-41-37-13-7-8-14-40(37)49-42(41)48(43)27-32/h1-22,24,26-28,43,47H,23H2. The summed E-state index contributed by atoms with van der Waals surface area (Å²) in [5.74, 6) is -0.151. The van der Waals surface area contributed by atoms with E-state index in [1.807, 2.05) is 6.21 Å². The van der Waals surface area contributed by atoms with Crippen molar-refractivity contribution in [1.82, 2.24) is 0 Å². The van der Waals surface area contributed by atoms with Gasteiger partial charge in [0.1, 0.15) is 5.00 Å². The molecule has 5 heteroatoms. The molecule has 0 saturated heterocycles. The normalized spacial score (nSPS) is 19.5. The SMILES string of the molecule is N#CC1C=CC2=C(C1)C(c1ccccc1)(c1ccccc1)c1cc(-c3ccc(C4=CN5c6sc7ccccc7c6NC5N=C4)cc3)ccc12. The summed E-state index contributed by atoms with van der Waals surface area (Å²) in [5.41, 5.74) is 12.8. The summed E-state index contributed by atoms with van der Waals surface area (Å²) in [6.45, 7) is 0. The highest BCUT2D eigenvalue weighted by Gasteiger charge is 2.48. The minimum atomic E-state index is -0.488. The molecule has 6 aromatic rings. The Balaban J connectivity index is 1.06. The summed E-state index contributed by atoms with van der Waals surface area (Å²) in [6, 6.07) is 48.6. The molecule has 2 atom stereocenters. The predicted octanol–water partition coefficient (Wildman–Crippen LogP) is 10.4. The average Bonchev–Trinajstić information content (AvgIpc) is 3.81. The Kier molecular flexibility index (Phi) is 6.18. The van der Waals surface area contributed by atoms with Gasteiger partial charge in [0.15, 0.2) is 0 Å². The summed E-state index contributed by atoms with van der Waals surface area (Å²) in [6.07, 6.45) is 9.08. The third-order valence-corrected chi connectivity index (χ3v) is 11.7. The maximum atomic E-state index is 10.0. The van der Waals surface area contributed by atoms with E-state index < -0.39 is 5.41 Å². The molecule has 10 rings (SSSR count). The third-order valence-electron chi connectivity index (χ3n) is 10.5. The van der Waals surface area contributed by atoms with E-state index in [1.54, 1.807) is 11.3 Å². The number of nitrogens with one attached hydrogen (secondary N) is 1. The molecular weight excluding hydrogens is 617 g/mol. The summed E-state index contributed by atoms with van der Waals surface area (Å²) in [4.78, 5) is 7.14. The summed E-state index contributed by atoms with van der Waals surface area (Å²) in [5, 5.41) is 16.1. The van der Waals surface area contributed by atoms with Crippen LogP contribution in [0.4, 0.5) is 10.7 Å². The van der Waals surface area contributed by atoms with E-state index in [1.165, 1.54) is 59.7 Å². The molecule has 0 bridgehead atoms. The minimum absolute atomic E-state index is 0.104. The highest BCUT2D eigenvalue weighted by molar-refractivity contribution is 7.23. The number of hydrogen-bond acceptors (Lipinski definition) is 5. The fourth-order valence-corrected chi connectivity index (χ4v) is 9.44. The Morgan fingerprint density at radius 2 is 1.49 bits per heavy atom. The third kappa shape index (κ3) is 4.11. The molecular formula is C44H30N4S. The van der Waals surface area contributed by atoms with Gasteiger partial charge < -0.3 is 5.32 Å². The van der Waals surface area contributed by atoms with Crippen LogP contribution in [0.15, 0.2) is 156 Å². The fraction of sp³-hybridized carbons (Fsp3) is 0.0909. The Morgan fingerprint density at radius 1 is 0.796 bits per heavy atom. The van der Waals surface area contributed by atoms with Crippen LogP contribution in [-0.4, -0.2) is 12.5 Å². The Bertz CT molecular complexity index is 2420. The first-order chi connectivity index (χ1) is 24.2. The van der Waals surface area contributed by atoms with Gasteiger partial charge in [-0.25, -0.2) is 4.99 Å². The summed E-state index contributed by atoms with van der Waals surface area (Å²) in [7, 11) is 0. The van der Waals surface area contributed by atoms with Gasteiger partial charge in [0.25, 0.3) is 0 Å². The first kappa shape index (κ1) is 28.1. The quantitative estimate of drug-likeness (QED) is 0.207. The van der Waals surface area contributed by atoms with Crippen LogP contribution in [0, 0.1) is 17.2 Å². The van der Waals surface area contributed by atoms with Gasteiger partial charge in [-0.05, 0) is 68.6 Å². The van der Waals surface area contributed by atoms with Crippen molar-refractivity contribution < 1.29 is 0 Å². The number of thiophene rings is 1. The lowest BCUT2D eigenvalue weighted by Gasteiger charge is -2.37. The monoisotopic (exact) mass is 646 g/mol. The molecule has 0 fully saturated rings. The van der Waals surface area contributed by atoms with E-state index in [0.717, 1.165) is 16.7 Å². The van der Waals surface area contributed by atoms with Crippen LogP contribution >= 0.6 is 11.3 Å². The van der Waals surface area contributed by atoms with Crippen molar-refractivity contribution in [3.8, 4) is 17.2 Å². The van der Waals surface area contributed by atoms with Crippen molar-refractivity contribution in [3.63, 3.8) is 0 Å². The molecule has 0 saturated carbocycles. The number of nitrogens with zero attached hydrogens (tertiary/aromatic N) is 3. The first-order valence-corrected chi connectivity index (χ1v) is 17.5. The van der Waals surface area contributed by atoms with Gasteiger partial charge in [-0.15, -0.1) is 11.3 Å². The zero-order valence-corrected chi connectivity index (χ0v) is 27.4. The van der Waals surface area contributed by atoms with Gasteiger partial charge in [-0.3, -0.25) is 4.90 Å². The molecule has 1 aromatic heterocycles. The smallest absolute Gasteiger partial charge is 0.201 e. The van der Waals surface area contributed by atoms with E-state index in [-0.39, 0.29) is 12.2 Å². The van der Waals surface area contributed by atoms with Gasteiger partial charge in [-0.1, -0.05) is 127 Å². The maximum Gasteiger partial charge on any atom is 0.201 e. The lowest BCUT2D eigenvalue weighted by atomic mass is 9.64. The maximum absolute atomic E-state index is 10.0. The van der Waals surface area contributed by atoms with E-state index in [0.29, 0.717) is 6.42 Å². The van der Waals surface area contributed by atoms with E-state index in [2.05, 4.69) is 162 Å². The second kappa shape index (κ2) is 10.8. The van der Waals surface area contributed by atoms with Crippen LogP contribution in [0.5, 0.6) is 0 Å². The molecule has 1 N–H and O–H groups in total. The summed E-state index contributed by atoms with van der Waals surface area (Å²) < 4.78 is 1.28. The van der Waals surface area contributed by atoms with Crippen LogP contribution in [0.1, 0.15) is 34.2 Å². The van der Waals surface area contributed by atoms with Gasteiger partial charge in [-0.2, -0.15) is 5.26 Å². The van der Waals surface area contributed by atoms with Crippen LogP contribution in [-0.2, 0) is 5.41 Å². The van der Waals surface area contributed by atoms with Crippen LogP contribution in [0.2, 0.25) is 0 Å². The van der Waals surface area contributed by atoms with E-state index in [4.69, 9.17) is 4.99 Å². The molecule has 4 aliphatic rings. The zero-order valence-electron chi connectivity index (χ0n) is 26.5. The van der Waals surface area contributed by atoms with Crippen molar-refractivity contribution in [2.75, 3.05) is 10.2 Å². The lowest BCUT2D eigenvalue weighted by molar-refractivity contribution is 0.659. The van der Waals surface area contributed by atoms with Crippen LogP contribution in [0.25, 0.3) is 32.4 Å². The van der Waals surface area contributed by atoms with Gasteiger partial charge in [0.05, 0.1) is 23.1 Å². The van der Waals surface area contributed by atoms with Gasteiger partial charge >= 0.3 is 0 Å². The van der Waals surface area contributed by atoms with Crippen molar-refractivity contribution in [2.24, 2.45) is 10.9 Å². The Morgan fingerprint density at radius 3 is 2.24 bits per heavy atom. The van der Waals surface area contributed by atoms with Crippen molar-refractivity contribution in [1.29, 1.82) is 5.26 Å². The van der Waals surface area contributed by atoms with Crippen molar-refractivity contribution in [2.45, 2.75) is 18.1 Å². The highest BCUT2D eigenvalue weighted by atomic mass is 32.1. The number of fused-ring (bicyclic) bond motifs is 7. The molecule has 2 aliphatic heterocycles. The number of aliphatic imine (C=N–C) groups is 1. The molecule has 4 nitrogen and oxygen atoms in total. The number of benzene rings is 5. The van der Waals surface area contributed by atoms with Crippen molar-refractivity contribution in [3.05, 3.63) is 179 Å². The average molecular weight is 647 g/mol. The van der Waals surface area contributed by atoms with Gasteiger partial charge in [0.2, 0.25) is 6.29 Å². The molecule has 0 amide bonds. The molecule has 5 aromatic carbocycles. The molecule has 0 spiro atoms. The van der Waals surface area contributed by atoms with Crippen LogP contribution < -0.4 is 10.2 Å². The second-order valence-electron chi connectivity index (χ2n) is 13.1. The second-order valence-corrected chi connectivity index (χ2v) is 14.1. The fourth-order valence-electron chi connectivity index (χ4n) is 8.28. The number of nitriles is 1. The van der Waals surface area contributed by atoms with Gasteiger partial charge in [0, 0.05) is 28.1 Å². The van der Waals surface area contributed by atoms with E-state index in [9.17, 15) is 5.26 Å². The molecule has 3 heterocycles. The molecule has 2 unspecified atom stereocenters. The van der Waals surface area contributed by atoms with Crippen molar-refractivity contribution >= 4 is 49.5 Å². The zero-order chi connectivity index (χ0) is 32.5. The predicted molar refractivity (Wildman–Crippen MR) is 203 cm³/mol. The van der Waals surface area contributed by atoms with E-state index >= 15 is 0 Å². The number of anilines is 2. The molecule has 0 radical (unpaired) electrons. The lowest BCUT2D eigenvalue weighted by Crippen LogP contribution is -2.32. The number of hydrogen-bond donors (Lipinski definition) is 1. The largest absolute Gasteiger partial charge is 0.344 e. The molecule has 49 heavy (non-hydrogen) atoms. The molecule has 2 aliphatic carbocycles. The number of allylic oxidation sites excluding steroid dienone is 5. The summed E-state index contributed by atoms with van der Waals surface area (Å²) >= 11 is 1.81.